The molecular weight excluding hydrogens is 295 g/mol. The van der Waals surface area contributed by atoms with Crippen LogP contribution in [0.25, 0.3) is 0 Å². The molecule has 1 unspecified atom stereocenters. The van der Waals surface area contributed by atoms with E-state index >= 15 is 0 Å². The zero-order valence-corrected chi connectivity index (χ0v) is 12.3. The number of rotatable bonds is 4. The third-order valence-corrected chi connectivity index (χ3v) is 3.85. The van der Waals surface area contributed by atoms with E-state index in [-0.39, 0.29) is 5.82 Å². The van der Waals surface area contributed by atoms with Gasteiger partial charge in [0.15, 0.2) is 0 Å². The van der Waals surface area contributed by atoms with Crippen LogP contribution in [0.3, 0.4) is 0 Å². The summed E-state index contributed by atoms with van der Waals surface area (Å²) in [6.45, 7) is 5.05. The Morgan fingerprint density at radius 3 is 3.11 bits per heavy atom. The Kier molecular flexibility index (Phi) is 5.01. The molecule has 1 saturated heterocycles. The molecule has 0 spiro atoms. The molecule has 0 saturated carbocycles. The molecule has 1 N–H and O–H groups in total. The zero-order valence-electron chi connectivity index (χ0n) is 10.8. The summed E-state index contributed by atoms with van der Waals surface area (Å²) in [4.78, 5) is 2.15. The summed E-state index contributed by atoms with van der Waals surface area (Å²) in [5.41, 5.74) is 0.715. The van der Waals surface area contributed by atoms with Gasteiger partial charge >= 0.3 is 0 Å². The van der Waals surface area contributed by atoms with Gasteiger partial charge in [-0.1, -0.05) is 22.9 Å². The summed E-state index contributed by atoms with van der Waals surface area (Å²) >= 11 is 3.41. The lowest BCUT2D eigenvalue weighted by Crippen LogP contribution is -2.46. The molecule has 0 bridgehead atoms. The van der Waals surface area contributed by atoms with Crippen LogP contribution in [0.4, 0.5) is 10.1 Å². The van der Waals surface area contributed by atoms with Crippen molar-refractivity contribution in [3.8, 4) is 0 Å². The SMILES string of the molecule is CCCNC1CCCN(c2cc(Br)ccc2F)C1. The Morgan fingerprint density at radius 1 is 1.50 bits per heavy atom. The van der Waals surface area contributed by atoms with Gasteiger partial charge in [-0.05, 0) is 44.0 Å². The molecule has 100 valence electrons. The van der Waals surface area contributed by atoms with E-state index in [2.05, 4.69) is 33.1 Å². The predicted octanol–water partition coefficient (Wildman–Crippen LogP) is 3.56. The van der Waals surface area contributed by atoms with Gasteiger partial charge in [0.1, 0.15) is 5.82 Å². The van der Waals surface area contributed by atoms with E-state index in [0.717, 1.165) is 36.9 Å². The average Bonchev–Trinajstić information content (AvgIpc) is 2.39. The molecule has 1 atom stereocenters. The molecule has 1 aromatic rings. The molecule has 2 nitrogen and oxygen atoms in total. The molecule has 1 aliphatic rings. The Hall–Kier alpha value is -0.610. The van der Waals surface area contributed by atoms with Crippen LogP contribution in [0.2, 0.25) is 0 Å². The van der Waals surface area contributed by atoms with Crippen molar-refractivity contribution in [3.63, 3.8) is 0 Å². The number of anilines is 1. The third kappa shape index (κ3) is 3.45. The van der Waals surface area contributed by atoms with Crippen molar-refractivity contribution in [2.45, 2.75) is 32.2 Å². The Bertz CT molecular complexity index is 397. The highest BCUT2D eigenvalue weighted by molar-refractivity contribution is 9.10. The molecule has 0 aromatic heterocycles. The summed E-state index contributed by atoms with van der Waals surface area (Å²) < 4.78 is 14.8. The Balaban J connectivity index is 2.05. The number of halogens is 2. The minimum absolute atomic E-state index is 0.130. The molecule has 0 aliphatic carbocycles. The van der Waals surface area contributed by atoms with Crippen molar-refractivity contribution in [3.05, 3.63) is 28.5 Å². The molecular formula is C14H20BrFN2. The smallest absolute Gasteiger partial charge is 0.146 e. The van der Waals surface area contributed by atoms with Crippen LogP contribution in [0.1, 0.15) is 26.2 Å². The minimum Gasteiger partial charge on any atom is -0.368 e. The summed E-state index contributed by atoms with van der Waals surface area (Å²) in [6.07, 6.45) is 3.45. The maximum Gasteiger partial charge on any atom is 0.146 e. The number of piperidine rings is 1. The summed E-state index contributed by atoms with van der Waals surface area (Å²) in [7, 11) is 0. The molecule has 4 heteroatoms. The molecule has 0 amide bonds. The van der Waals surface area contributed by atoms with Gasteiger partial charge in [-0.15, -0.1) is 0 Å². The fraction of sp³-hybridized carbons (Fsp3) is 0.571. The zero-order chi connectivity index (χ0) is 13.0. The van der Waals surface area contributed by atoms with E-state index in [9.17, 15) is 4.39 Å². The third-order valence-electron chi connectivity index (χ3n) is 3.35. The first-order chi connectivity index (χ1) is 8.70. The lowest BCUT2D eigenvalue weighted by atomic mass is 10.0. The maximum atomic E-state index is 13.9. The van der Waals surface area contributed by atoms with E-state index < -0.39 is 0 Å². The van der Waals surface area contributed by atoms with Gasteiger partial charge in [-0.2, -0.15) is 0 Å². The standard InChI is InChI=1S/C14H20BrFN2/c1-2-7-17-12-4-3-8-18(10-12)14-9-11(15)5-6-13(14)16/h5-6,9,12,17H,2-4,7-8,10H2,1H3. The van der Waals surface area contributed by atoms with Crippen LogP contribution < -0.4 is 10.2 Å². The van der Waals surface area contributed by atoms with Crippen LogP contribution in [0.5, 0.6) is 0 Å². The van der Waals surface area contributed by atoms with Gasteiger partial charge in [-0.3, -0.25) is 0 Å². The van der Waals surface area contributed by atoms with Crippen molar-refractivity contribution in [1.29, 1.82) is 0 Å². The van der Waals surface area contributed by atoms with Gasteiger partial charge in [-0.25, -0.2) is 4.39 Å². The van der Waals surface area contributed by atoms with Gasteiger partial charge in [0.05, 0.1) is 5.69 Å². The second-order valence-corrected chi connectivity index (χ2v) is 5.75. The van der Waals surface area contributed by atoms with Crippen molar-refractivity contribution in [1.82, 2.24) is 5.32 Å². The predicted molar refractivity (Wildman–Crippen MR) is 77.6 cm³/mol. The van der Waals surface area contributed by atoms with Crippen LogP contribution in [0, 0.1) is 5.82 Å². The van der Waals surface area contributed by atoms with Crippen LogP contribution >= 0.6 is 15.9 Å². The van der Waals surface area contributed by atoms with Gasteiger partial charge in [0, 0.05) is 23.6 Å². The Labute approximate surface area is 117 Å². The van der Waals surface area contributed by atoms with Crippen LogP contribution in [-0.2, 0) is 0 Å². The maximum absolute atomic E-state index is 13.9. The number of benzene rings is 1. The van der Waals surface area contributed by atoms with Crippen LogP contribution in [-0.4, -0.2) is 25.7 Å². The topological polar surface area (TPSA) is 15.3 Å². The van der Waals surface area contributed by atoms with E-state index in [1.807, 2.05) is 6.07 Å². The highest BCUT2D eigenvalue weighted by Crippen LogP contribution is 2.26. The van der Waals surface area contributed by atoms with E-state index in [1.54, 1.807) is 6.07 Å². The fourth-order valence-corrected chi connectivity index (χ4v) is 2.79. The fourth-order valence-electron chi connectivity index (χ4n) is 2.44. The summed E-state index contributed by atoms with van der Waals surface area (Å²) in [5.74, 6) is -0.130. The van der Waals surface area contributed by atoms with Crippen LogP contribution in [0.15, 0.2) is 22.7 Å². The van der Waals surface area contributed by atoms with Gasteiger partial charge < -0.3 is 10.2 Å². The van der Waals surface area contributed by atoms with Gasteiger partial charge in [0.2, 0.25) is 0 Å². The summed E-state index contributed by atoms with van der Waals surface area (Å²) in [5, 5.41) is 3.53. The molecule has 2 rings (SSSR count). The van der Waals surface area contributed by atoms with E-state index in [1.165, 1.54) is 12.5 Å². The first kappa shape index (κ1) is 13.8. The lowest BCUT2D eigenvalue weighted by molar-refractivity contribution is 0.420. The number of hydrogen-bond acceptors (Lipinski definition) is 2. The second kappa shape index (κ2) is 6.53. The molecule has 1 aliphatic heterocycles. The lowest BCUT2D eigenvalue weighted by Gasteiger charge is -2.35. The monoisotopic (exact) mass is 314 g/mol. The number of hydrogen-bond donors (Lipinski definition) is 1. The quantitative estimate of drug-likeness (QED) is 0.914. The minimum atomic E-state index is -0.130. The molecule has 0 radical (unpaired) electrons. The molecule has 1 fully saturated rings. The van der Waals surface area contributed by atoms with Crippen molar-refractivity contribution in [2.75, 3.05) is 24.5 Å². The van der Waals surface area contributed by atoms with E-state index in [0.29, 0.717) is 11.7 Å². The largest absolute Gasteiger partial charge is 0.368 e. The highest BCUT2D eigenvalue weighted by atomic mass is 79.9. The van der Waals surface area contributed by atoms with Crippen molar-refractivity contribution < 1.29 is 4.39 Å². The van der Waals surface area contributed by atoms with E-state index in [4.69, 9.17) is 0 Å². The van der Waals surface area contributed by atoms with Gasteiger partial charge in [0.25, 0.3) is 0 Å². The number of nitrogens with zero attached hydrogens (tertiary/aromatic N) is 1. The molecule has 1 aromatic carbocycles. The molecule has 1 heterocycles. The Morgan fingerprint density at radius 2 is 2.33 bits per heavy atom. The van der Waals surface area contributed by atoms with Crippen molar-refractivity contribution >= 4 is 21.6 Å². The highest BCUT2D eigenvalue weighted by Gasteiger charge is 2.21. The normalized spacial score (nSPS) is 20.2. The second-order valence-electron chi connectivity index (χ2n) is 4.84. The van der Waals surface area contributed by atoms with Crippen molar-refractivity contribution in [2.24, 2.45) is 0 Å². The average molecular weight is 315 g/mol. The first-order valence-electron chi connectivity index (χ1n) is 6.64. The molecule has 18 heavy (non-hydrogen) atoms. The summed E-state index contributed by atoms with van der Waals surface area (Å²) in [6, 6.07) is 5.63. The number of nitrogens with one attached hydrogen (secondary N) is 1. The first-order valence-corrected chi connectivity index (χ1v) is 7.43.